The van der Waals surface area contributed by atoms with Gasteiger partial charge in [-0.2, -0.15) is 18.3 Å². The number of piperidine rings is 1. The van der Waals surface area contributed by atoms with Gasteiger partial charge in [-0.15, -0.1) is 10.2 Å². The molecular formula is C22H23F3N6O2. The van der Waals surface area contributed by atoms with Gasteiger partial charge in [0.15, 0.2) is 0 Å². The molecule has 1 aliphatic heterocycles. The van der Waals surface area contributed by atoms with Gasteiger partial charge in [-0.05, 0) is 43.0 Å². The summed E-state index contributed by atoms with van der Waals surface area (Å²) < 4.78 is 47.9. The van der Waals surface area contributed by atoms with Gasteiger partial charge in [0.05, 0.1) is 11.3 Å². The van der Waals surface area contributed by atoms with E-state index in [0.717, 1.165) is 18.9 Å². The second-order valence-corrected chi connectivity index (χ2v) is 8.99. The van der Waals surface area contributed by atoms with Crippen LogP contribution in [-0.4, -0.2) is 37.0 Å². The third-order valence-corrected chi connectivity index (χ3v) is 6.47. The minimum Gasteiger partial charge on any atom is -0.423 e. The third kappa shape index (κ3) is 3.55. The average molecular weight is 460 g/mol. The second kappa shape index (κ2) is 7.32. The lowest BCUT2D eigenvalue weighted by Crippen LogP contribution is -2.70. The zero-order valence-corrected chi connectivity index (χ0v) is 18.3. The van der Waals surface area contributed by atoms with Crippen LogP contribution in [-0.2, 0) is 18.8 Å². The molecule has 5 rings (SSSR count). The van der Waals surface area contributed by atoms with Crippen LogP contribution in [0.5, 0.6) is 0 Å². The fourth-order valence-corrected chi connectivity index (χ4v) is 5.26. The normalized spacial score (nSPS) is 24.5. The van der Waals surface area contributed by atoms with Gasteiger partial charge >= 0.3 is 12.2 Å². The van der Waals surface area contributed by atoms with E-state index in [1.54, 1.807) is 25.1 Å². The Morgan fingerprint density at radius 2 is 2.03 bits per heavy atom. The zero-order valence-electron chi connectivity index (χ0n) is 18.3. The number of hydrogen-bond donors (Lipinski definition) is 1. The van der Waals surface area contributed by atoms with Crippen LogP contribution in [0.1, 0.15) is 43.5 Å². The van der Waals surface area contributed by atoms with Crippen LogP contribution in [0.3, 0.4) is 0 Å². The van der Waals surface area contributed by atoms with Crippen LogP contribution < -0.4 is 5.32 Å². The first-order valence-electron chi connectivity index (χ1n) is 10.7. The minimum atomic E-state index is -4.56. The number of alkyl halides is 3. The van der Waals surface area contributed by atoms with Crippen LogP contribution in [0.25, 0.3) is 11.3 Å². The molecule has 1 saturated carbocycles. The summed E-state index contributed by atoms with van der Waals surface area (Å²) in [5.74, 6) is 1.20. The number of carbonyl (C=O) groups excluding carboxylic acids is 1. The predicted molar refractivity (Wildman–Crippen MR) is 112 cm³/mol. The molecule has 2 fully saturated rings. The summed E-state index contributed by atoms with van der Waals surface area (Å²) in [6.07, 6.45) is -0.739. The zero-order chi connectivity index (χ0) is 23.5. The fourth-order valence-electron chi connectivity index (χ4n) is 5.26. The summed E-state index contributed by atoms with van der Waals surface area (Å²) in [6.45, 7) is 3.82. The second-order valence-electron chi connectivity index (χ2n) is 8.99. The van der Waals surface area contributed by atoms with E-state index < -0.39 is 23.3 Å². The van der Waals surface area contributed by atoms with Crippen LogP contribution in [0, 0.1) is 12.8 Å². The molecule has 1 aromatic carbocycles. The number of aryl methyl sites for hydroxylation is 2. The number of halogens is 3. The molecule has 0 spiro atoms. The number of hydrogen-bond acceptors (Lipinski definition) is 5. The van der Waals surface area contributed by atoms with E-state index in [2.05, 4.69) is 27.5 Å². The standard InChI is InChI=1S/C22H23F3N6O2/c1-12-8-15-11-21(10-12,19-28-27-13(2)33-19)31(15)20(32)26-14-4-5-17(22(23,24)25)16(9-14)18-6-7-30(3)29-18/h4-7,9,12,15H,8,10-11H2,1-3H3,(H,26,32)/t12-,15-,21+/m0/s1. The molecule has 11 heteroatoms. The summed E-state index contributed by atoms with van der Waals surface area (Å²) in [4.78, 5) is 15.0. The van der Waals surface area contributed by atoms with E-state index in [1.807, 2.05) is 0 Å². The number of anilines is 1. The number of nitrogens with zero attached hydrogens (tertiary/aromatic N) is 5. The van der Waals surface area contributed by atoms with Crippen LogP contribution in [0.15, 0.2) is 34.9 Å². The first kappa shape index (κ1) is 21.5. The largest absolute Gasteiger partial charge is 0.423 e. The summed E-state index contributed by atoms with van der Waals surface area (Å²) in [5, 5.41) is 15.0. The number of urea groups is 1. The van der Waals surface area contributed by atoms with Crippen molar-refractivity contribution in [3.63, 3.8) is 0 Å². The average Bonchev–Trinajstić information content (AvgIpc) is 3.35. The Hall–Kier alpha value is -3.37. The number of rotatable bonds is 3. The van der Waals surface area contributed by atoms with E-state index in [9.17, 15) is 18.0 Å². The number of fused-ring (bicyclic) bond motifs is 2. The molecule has 3 atom stereocenters. The number of carbonyl (C=O) groups is 1. The van der Waals surface area contributed by atoms with Crippen LogP contribution >= 0.6 is 0 Å². The molecule has 2 aliphatic rings. The van der Waals surface area contributed by atoms with Crippen molar-refractivity contribution in [2.24, 2.45) is 13.0 Å². The highest BCUT2D eigenvalue weighted by Crippen LogP contribution is 2.55. The topological polar surface area (TPSA) is 89.1 Å². The van der Waals surface area contributed by atoms with Gasteiger partial charge in [-0.1, -0.05) is 6.92 Å². The minimum absolute atomic E-state index is 0.00525. The Morgan fingerprint density at radius 1 is 1.24 bits per heavy atom. The summed E-state index contributed by atoms with van der Waals surface area (Å²) >= 11 is 0. The highest BCUT2D eigenvalue weighted by Gasteiger charge is 2.62. The Kier molecular flexibility index (Phi) is 4.77. The first-order chi connectivity index (χ1) is 15.6. The van der Waals surface area contributed by atoms with Gasteiger partial charge < -0.3 is 14.6 Å². The molecule has 1 aliphatic carbocycles. The van der Waals surface area contributed by atoms with Gasteiger partial charge in [-0.3, -0.25) is 4.68 Å². The smallest absolute Gasteiger partial charge is 0.417 e. The number of aromatic nitrogens is 4. The van der Waals surface area contributed by atoms with E-state index in [0.29, 0.717) is 24.1 Å². The van der Waals surface area contributed by atoms with Gasteiger partial charge in [0.25, 0.3) is 0 Å². The summed E-state index contributed by atoms with van der Waals surface area (Å²) in [6, 6.07) is 4.64. The van der Waals surface area contributed by atoms with Crippen molar-refractivity contribution in [3.8, 4) is 11.3 Å². The molecule has 3 aromatic rings. The SMILES string of the molecule is Cc1nnc([C@@]23C[C@@H](C)C[C@@H](C2)N3C(=O)Nc2ccc(C(F)(F)F)c(-c3ccn(C)n3)c2)o1. The highest BCUT2D eigenvalue weighted by molar-refractivity contribution is 5.92. The lowest BCUT2D eigenvalue weighted by molar-refractivity contribution is -0.137. The van der Waals surface area contributed by atoms with Gasteiger partial charge in [0.2, 0.25) is 11.8 Å². The van der Waals surface area contributed by atoms with E-state index in [4.69, 9.17) is 4.42 Å². The van der Waals surface area contributed by atoms with Crippen molar-refractivity contribution < 1.29 is 22.4 Å². The maximum Gasteiger partial charge on any atom is 0.417 e. The molecule has 1 N–H and O–H groups in total. The van der Waals surface area contributed by atoms with Crippen molar-refractivity contribution in [2.45, 2.75) is 50.9 Å². The molecule has 2 aromatic heterocycles. The molecule has 0 unspecified atom stereocenters. The van der Waals surface area contributed by atoms with Gasteiger partial charge in [0.1, 0.15) is 5.54 Å². The van der Waals surface area contributed by atoms with Gasteiger partial charge in [-0.25, -0.2) is 4.79 Å². The van der Waals surface area contributed by atoms with Crippen LogP contribution in [0.4, 0.5) is 23.7 Å². The Balaban J connectivity index is 1.46. The Morgan fingerprint density at radius 3 is 2.67 bits per heavy atom. The summed E-state index contributed by atoms with van der Waals surface area (Å²) in [5.41, 5.74) is -1.17. The van der Waals surface area contributed by atoms with Crippen molar-refractivity contribution in [1.82, 2.24) is 24.9 Å². The molecule has 3 heterocycles. The van der Waals surface area contributed by atoms with E-state index in [-0.39, 0.29) is 23.0 Å². The molecular weight excluding hydrogens is 437 g/mol. The molecule has 0 radical (unpaired) electrons. The monoisotopic (exact) mass is 460 g/mol. The van der Waals surface area contributed by atoms with E-state index >= 15 is 0 Å². The molecule has 1 saturated heterocycles. The summed E-state index contributed by atoms with van der Waals surface area (Å²) in [7, 11) is 1.63. The van der Waals surface area contributed by atoms with Crippen molar-refractivity contribution in [2.75, 3.05) is 5.32 Å². The number of benzene rings is 1. The molecule has 174 valence electrons. The molecule has 8 nitrogen and oxygen atoms in total. The predicted octanol–water partition coefficient (Wildman–Crippen LogP) is 4.73. The van der Waals surface area contributed by atoms with Crippen LogP contribution in [0.2, 0.25) is 0 Å². The highest BCUT2D eigenvalue weighted by atomic mass is 19.4. The first-order valence-corrected chi connectivity index (χ1v) is 10.7. The number of likely N-dealkylation sites (tertiary alicyclic amines) is 1. The van der Waals surface area contributed by atoms with Crippen molar-refractivity contribution in [1.29, 1.82) is 0 Å². The maximum atomic E-state index is 13.6. The quantitative estimate of drug-likeness (QED) is 0.611. The molecule has 2 bridgehead atoms. The van der Waals surface area contributed by atoms with E-state index in [1.165, 1.54) is 22.9 Å². The molecule has 33 heavy (non-hydrogen) atoms. The number of amides is 2. The fraction of sp³-hybridized carbons (Fsp3) is 0.455. The third-order valence-electron chi connectivity index (χ3n) is 6.47. The Bertz CT molecular complexity index is 1220. The Labute approximate surface area is 187 Å². The lowest BCUT2D eigenvalue weighted by Gasteiger charge is -2.61. The number of nitrogens with one attached hydrogen (secondary N) is 1. The van der Waals surface area contributed by atoms with Crippen molar-refractivity contribution in [3.05, 3.63) is 47.8 Å². The van der Waals surface area contributed by atoms with Gasteiger partial charge in [0, 0.05) is 43.9 Å². The van der Waals surface area contributed by atoms with Crippen molar-refractivity contribution >= 4 is 11.7 Å². The maximum absolute atomic E-state index is 13.6. The lowest BCUT2D eigenvalue weighted by atomic mass is 9.64. The molecule has 2 amide bonds.